The maximum absolute atomic E-state index is 6.77. The molecule has 1 aliphatic heterocycles. The standard InChI is InChI=1S/C20H25Cl2N3/c1-10-7-11(2)17(12(3)8-10)18-15(6)24-25-19(22)16(9-13(4)21)14(5)23-20(18)25/h7-8,13,19,23H,9H2,1-6H3. The first kappa shape index (κ1) is 18.3. The van der Waals surface area contributed by atoms with E-state index in [0.29, 0.717) is 0 Å². The van der Waals surface area contributed by atoms with Gasteiger partial charge in [-0.15, -0.1) is 11.6 Å². The molecule has 3 rings (SSSR count). The number of hydrogen-bond acceptors (Lipinski definition) is 2. The average Bonchev–Trinajstić information content (AvgIpc) is 2.80. The lowest BCUT2D eigenvalue weighted by Gasteiger charge is -2.28. The summed E-state index contributed by atoms with van der Waals surface area (Å²) in [7, 11) is 0. The molecule has 0 bridgehead atoms. The Labute approximate surface area is 160 Å². The second-order valence-electron chi connectivity index (χ2n) is 7.12. The van der Waals surface area contributed by atoms with Gasteiger partial charge in [0.2, 0.25) is 0 Å². The minimum Gasteiger partial charge on any atom is -0.344 e. The zero-order chi connectivity index (χ0) is 18.5. The zero-order valence-electron chi connectivity index (χ0n) is 15.7. The third kappa shape index (κ3) is 3.20. The minimum atomic E-state index is -0.309. The lowest BCUT2D eigenvalue weighted by Crippen LogP contribution is -2.21. The van der Waals surface area contributed by atoms with Gasteiger partial charge in [0.1, 0.15) is 5.82 Å². The van der Waals surface area contributed by atoms with Crippen LogP contribution in [0.5, 0.6) is 0 Å². The Morgan fingerprint density at radius 3 is 2.28 bits per heavy atom. The van der Waals surface area contributed by atoms with E-state index in [-0.39, 0.29) is 10.9 Å². The van der Waals surface area contributed by atoms with E-state index in [9.17, 15) is 0 Å². The molecule has 0 aliphatic carbocycles. The van der Waals surface area contributed by atoms with Crippen molar-refractivity contribution in [1.82, 2.24) is 9.78 Å². The van der Waals surface area contributed by atoms with Crippen LogP contribution >= 0.6 is 23.2 Å². The molecule has 2 heterocycles. The van der Waals surface area contributed by atoms with Gasteiger partial charge in [-0.3, -0.25) is 0 Å². The highest BCUT2D eigenvalue weighted by atomic mass is 35.5. The van der Waals surface area contributed by atoms with Gasteiger partial charge < -0.3 is 5.32 Å². The molecule has 3 nitrogen and oxygen atoms in total. The summed E-state index contributed by atoms with van der Waals surface area (Å²) in [5.41, 5.74) is 9.01. The number of nitrogens with one attached hydrogen (secondary N) is 1. The molecule has 0 radical (unpaired) electrons. The van der Waals surface area contributed by atoms with Crippen LogP contribution in [-0.2, 0) is 0 Å². The molecule has 1 aromatic carbocycles. The van der Waals surface area contributed by atoms with Crippen molar-refractivity contribution in [2.45, 2.75) is 58.8 Å². The number of alkyl halides is 2. The minimum absolute atomic E-state index is 0.0345. The zero-order valence-corrected chi connectivity index (χ0v) is 17.2. The smallest absolute Gasteiger partial charge is 0.151 e. The molecule has 2 atom stereocenters. The molecule has 1 N–H and O–H groups in total. The summed E-state index contributed by atoms with van der Waals surface area (Å²) >= 11 is 13.0. The van der Waals surface area contributed by atoms with Crippen LogP contribution in [0.15, 0.2) is 23.4 Å². The quantitative estimate of drug-likeness (QED) is 0.641. The predicted molar refractivity (Wildman–Crippen MR) is 108 cm³/mol. The van der Waals surface area contributed by atoms with E-state index in [2.05, 4.69) is 45.1 Å². The van der Waals surface area contributed by atoms with E-state index in [1.165, 1.54) is 22.3 Å². The third-order valence-corrected chi connectivity index (χ3v) is 5.41. The number of allylic oxidation sites excluding steroid dienone is 2. The normalized spacial score (nSPS) is 18.2. The lowest BCUT2D eigenvalue weighted by molar-refractivity contribution is 0.610. The molecular weight excluding hydrogens is 353 g/mol. The SMILES string of the molecule is CC1=C(CC(C)Cl)C(Cl)n2nc(C)c(-c3c(C)cc(C)cc3C)c2N1. The largest absolute Gasteiger partial charge is 0.344 e. The van der Waals surface area contributed by atoms with Gasteiger partial charge in [-0.25, -0.2) is 4.68 Å². The Balaban J connectivity index is 2.16. The molecule has 0 saturated carbocycles. The van der Waals surface area contributed by atoms with Crippen LogP contribution in [0.3, 0.4) is 0 Å². The maximum atomic E-state index is 6.77. The summed E-state index contributed by atoms with van der Waals surface area (Å²) in [6.07, 6.45) is 0.741. The lowest BCUT2D eigenvalue weighted by atomic mass is 9.93. The van der Waals surface area contributed by atoms with Gasteiger partial charge in [0.15, 0.2) is 5.50 Å². The summed E-state index contributed by atoms with van der Waals surface area (Å²) in [5, 5.41) is 8.32. The molecule has 0 fully saturated rings. The highest BCUT2D eigenvalue weighted by Gasteiger charge is 2.30. The van der Waals surface area contributed by atoms with Crippen LogP contribution < -0.4 is 5.32 Å². The van der Waals surface area contributed by atoms with Crippen molar-refractivity contribution in [2.24, 2.45) is 0 Å². The predicted octanol–water partition coefficient (Wildman–Crippen LogP) is 6.24. The van der Waals surface area contributed by atoms with E-state index < -0.39 is 0 Å². The van der Waals surface area contributed by atoms with Crippen molar-refractivity contribution in [3.63, 3.8) is 0 Å². The number of aromatic nitrogens is 2. The highest BCUT2D eigenvalue weighted by molar-refractivity contribution is 6.22. The Hall–Kier alpha value is -1.45. The summed E-state index contributed by atoms with van der Waals surface area (Å²) in [5.74, 6) is 0.969. The highest BCUT2D eigenvalue weighted by Crippen LogP contribution is 2.44. The van der Waals surface area contributed by atoms with Crippen LogP contribution in [0, 0.1) is 27.7 Å². The van der Waals surface area contributed by atoms with Crippen molar-refractivity contribution in [3.8, 4) is 11.1 Å². The van der Waals surface area contributed by atoms with Crippen LogP contribution in [0.4, 0.5) is 5.82 Å². The van der Waals surface area contributed by atoms with Crippen LogP contribution in [0.1, 0.15) is 48.2 Å². The summed E-state index contributed by atoms with van der Waals surface area (Å²) < 4.78 is 1.90. The van der Waals surface area contributed by atoms with E-state index in [1.807, 2.05) is 18.5 Å². The van der Waals surface area contributed by atoms with Crippen molar-refractivity contribution < 1.29 is 0 Å². The Morgan fingerprint density at radius 2 is 1.72 bits per heavy atom. The van der Waals surface area contributed by atoms with E-state index >= 15 is 0 Å². The Kier molecular flexibility index (Phi) is 4.91. The van der Waals surface area contributed by atoms with Crippen molar-refractivity contribution in [3.05, 3.63) is 45.8 Å². The second kappa shape index (κ2) is 6.69. The molecule has 2 aromatic rings. The number of anilines is 1. The number of halogens is 2. The molecule has 0 saturated heterocycles. The monoisotopic (exact) mass is 377 g/mol. The molecule has 134 valence electrons. The van der Waals surface area contributed by atoms with Gasteiger partial charge in [0.05, 0.1) is 5.69 Å². The first-order valence-electron chi connectivity index (χ1n) is 8.62. The fraction of sp³-hybridized carbons (Fsp3) is 0.450. The van der Waals surface area contributed by atoms with Crippen molar-refractivity contribution in [1.29, 1.82) is 0 Å². The number of fused-ring (bicyclic) bond motifs is 1. The van der Waals surface area contributed by atoms with Crippen molar-refractivity contribution in [2.75, 3.05) is 5.32 Å². The van der Waals surface area contributed by atoms with E-state index in [1.54, 1.807) is 0 Å². The third-order valence-electron chi connectivity index (χ3n) is 4.80. The van der Waals surface area contributed by atoms with Crippen LogP contribution in [0.25, 0.3) is 11.1 Å². The molecule has 25 heavy (non-hydrogen) atoms. The molecule has 1 aromatic heterocycles. The van der Waals surface area contributed by atoms with E-state index in [4.69, 9.17) is 28.3 Å². The average molecular weight is 378 g/mol. The van der Waals surface area contributed by atoms with Gasteiger partial charge in [-0.1, -0.05) is 29.3 Å². The number of hydrogen-bond donors (Lipinski definition) is 1. The number of nitrogens with zero attached hydrogens (tertiary/aromatic N) is 2. The van der Waals surface area contributed by atoms with Gasteiger partial charge >= 0.3 is 0 Å². The number of aryl methyl sites for hydroxylation is 4. The molecule has 1 aliphatic rings. The van der Waals surface area contributed by atoms with Crippen molar-refractivity contribution >= 4 is 29.0 Å². The summed E-state index contributed by atoms with van der Waals surface area (Å²) in [6, 6.07) is 4.44. The Bertz CT molecular complexity index is 839. The number of benzene rings is 1. The number of rotatable bonds is 3. The van der Waals surface area contributed by atoms with Gasteiger partial charge in [-0.05, 0) is 70.2 Å². The second-order valence-corrected chi connectivity index (χ2v) is 8.28. The molecule has 5 heteroatoms. The first-order valence-corrected chi connectivity index (χ1v) is 9.50. The Morgan fingerprint density at radius 1 is 1.12 bits per heavy atom. The molecule has 0 amide bonds. The van der Waals surface area contributed by atoms with Gasteiger partial charge in [-0.2, -0.15) is 5.10 Å². The summed E-state index contributed by atoms with van der Waals surface area (Å²) in [6.45, 7) is 12.5. The maximum Gasteiger partial charge on any atom is 0.151 e. The fourth-order valence-corrected chi connectivity index (χ4v) is 4.40. The topological polar surface area (TPSA) is 29.9 Å². The first-order chi connectivity index (χ1) is 11.7. The molecule has 2 unspecified atom stereocenters. The molecular formula is C20H25Cl2N3. The molecule has 0 spiro atoms. The van der Waals surface area contributed by atoms with Crippen LogP contribution in [-0.4, -0.2) is 15.2 Å². The summed E-state index contributed by atoms with van der Waals surface area (Å²) in [4.78, 5) is 0. The van der Waals surface area contributed by atoms with Gasteiger partial charge in [0.25, 0.3) is 0 Å². The van der Waals surface area contributed by atoms with Gasteiger partial charge in [0, 0.05) is 16.6 Å². The fourth-order valence-electron chi connectivity index (χ4n) is 3.84. The van der Waals surface area contributed by atoms with Crippen LogP contribution in [0.2, 0.25) is 0 Å². The van der Waals surface area contributed by atoms with E-state index in [0.717, 1.165) is 34.8 Å².